The standard InChI is InChI=1S/C32H30FN3O2S.C31H31FN4O2S.C30H32FN3O3S/c1-3-12-34-19-24-7-9-27(36-20-24)31-18-28-32(39-31)30(11-13-35-28)38-29-10-8-23(17-26(29)33)16-25(37)15-22-6-4-5-21(2)14-22;1-4-12-33-18-23-19-35-31(36(23)3)29-17-26-30(39-29)28(11-13-34-26)38-27-10-9-22(16-25(27)32)15-24(37)14-21-7-5-20(2)6-8-21;1-2-13-32-18-21-8-10-24(34-19-21)28-17-25-30(38-28)27(12-14-33-25)37-26-11-9-20(15-23(26)31)16-29(35)36-22-6-4-3-5-7-22/h4-11,13-14,17-18,20,34H,3,12,15-16,19H2,1-2H3;5-11,13,16-17,19,33H,4,12,14-15,18H2,1-3H3;8-12,14-15,17,19,22,32H,2-7,13,16,18H2,1H3. The van der Waals surface area contributed by atoms with Crippen molar-refractivity contribution in [2.45, 2.75) is 144 Å². The molecule has 5 aromatic carbocycles. The normalized spacial score (nSPS) is 12.1. The minimum absolute atomic E-state index is 0.00979. The largest absolute Gasteiger partial charge is 0.462 e. The maximum Gasteiger partial charge on any atom is 0.310 e. The van der Waals surface area contributed by atoms with Gasteiger partial charge in [-0.15, -0.1) is 34.0 Å². The molecule has 9 heterocycles. The van der Waals surface area contributed by atoms with Crippen LogP contribution in [0.3, 0.4) is 0 Å². The lowest BCUT2D eigenvalue weighted by molar-refractivity contribution is -0.149. The van der Waals surface area contributed by atoms with Crippen molar-refractivity contribution in [1.82, 2.24) is 50.4 Å². The Morgan fingerprint density at radius 1 is 0.422 bits per heavy atom. The molecule has 15 rings (SSSR count). The summed E-state index contributed by atoms with van der Waals surface area (Å²) in [5.41, 5.74) is 13.3. The number of carbonyl (C=O) groups is 3. The molecule has 0 atom stereocenters. The number of ketones is 2. The molecule has 0 aliphatic heterocycles. The maximum absolute atomic E-state index is 15.0. The highest BCUT2D eigenvalue weighted by Gasteiger charge is 2.23. The number of imidazole rings is 1. The zero-order valence-electron chi connectivity index (χ0n) is 65.9. The highest BCUT2D eigenvalue weighted by atomic mass is 32.1. The first-order valence-corrected chi connectivity index (χ1v) is 41.9. The Balaban J connectivity index is 0.000000151. The van der Waals surface area contributed by atoms with Gasteiger partial charge in [0.15, 0.2) is 34.7 Å². The molecular weight excluding hydrogens is 1520 g/mol. The smallest absolute Gasteiger partial charge is 0.310 e. The van der Waals surface area contributed by atoms with Gasteiger partial charge in [0.1, 0.15) is 40.7 Å². The van der Waals surface area contributed by atoms with Crippen molar-refractivity contribution in [1.29, 1.82) is 0 Å². The number of pyridine rings is 5. The molecule has 17 nitrogen and oxygen atoms in total. The minimum Gasteiger partial charge on any atom is -0.462 e. The second-order valence-electron chi connectivity index (χ2n) is 29.0. The summed E-state index contributed by atoms with van der Waals surface area (Å²) in [7, 11) is 2.00. The van der Waals surface area contributed by atoms with Crippen LogP contribution in [0.25, 0.3) is 62.5 Å². The SMILES string of the molecule is CCCNCc1ccc(-c2cc3nccc(Oc4ccc(CC(=O)Cc5cccc(C)c5)cc4F)c3s2)nc1.CCCNCc1ccc(-c2cc3nccc(Oc4ccc(CC(=O)OC5CCCCC5)cc4F)c3s2)nc1.CCCNCc1cnc(-c2cc3nccc(Oc4ccc(CC(=O)Cc5ccc(C)cc5)cc4F)c3s2)n1C. The molecule has 116 heavy (non-hydrogen) atoms. The lowest BCUT2D eigenvalue weighted by atomic mass is 9.98. The summed E-state index contributed by atoms with van der Waals surface area (Å²) in [5.74, 6) is 0.949. The number of benzene rings is 5. The van der Waals surface area contributed by atoms with E-state index in [2.05, 4.69) is 83.3 Å². The van der Waals surface area contributed by atoms with Crippen molar-refractivity contribution in [3.63, 3.8) is 0 Å². The van der Waals surface area contributed by atoms with Gasteiger partial charge in [-0.25, -0.2) is 18.2 Å². The number of aryl methyl sites for hydroxylation is 2. The van der Waals surface area contributed by atoms with Crippen LogP contribution in [-0.4, -0.2) is 77.7 Å². The summed E-state index contributed by atoms with van der Waals surface area (Å²) >= 11 is 4.53. The van der Waals surface area contributed by atoms with Crippen LogP contribution in [0.1, 0.15) is 128 Å². The van der Waals surface area contributed by atoms with Crippen molar-refractivity contribution in [2.24, 2.45) is 7.05 Å². The van der Waals surface area contributed by atoms with Crippen LogP contribution in [0.2, 0.25) is 0 Å². The van der Waals surface area contributed by atoms with Crippen molar-refractivity contribution in [3.8, 4) is 66.3 Å². The van der Waals surface area contributed by atoms with Crippen molar-refractivity contribution < 1.29 is 46.5 Å². The number of thiophene rings is 3. The van der Waals surface area contributed by atoms with E-state index in [1.54, 1.807) is 73.2 Å². The Morgan fingerprint density at radius 2 is 0.845 bits per heavy atom. The number of halogens is 3. The van der Waals surface area contributed by atoms with Crippen LogP contribution >= 0.6 is 34.0 Å². The molecule has 9 aromatic heterocycles. The number of nitrogens with one attached hydrogen (secondary N) is 3. The van der Waals surface area contributed by atoms with E-state index in [0.717, 1.165) is 186 Å². The summed E-state index contributed by atoms with van der Waals surface area (Å²) < 4.78 is 73.1. The Labute approximate surface area is 685 Å². The fourth-order valence-corrected chi connectivity index (χ4v) is 16.6. The predicted octanol–water partition coefficient (Wildman–Crippen LogP) is 21.5. The van der Waals surface area contributed by atoms with E-state index >= 15 is 8.78 Å². The Kier molecular flexibility index (Phi) is 28.8. The van der Waals surface area contributed by atoms with E-state index in [-0.39, 0.29) is 60.2 Å². The Hall–Kier alpha value is -11.2. The number of esters is 1. The molecule has 3 N–H and O–H groups in total. The summed E-state index contributed by atoms with van der Waals surface area (Å²) in [6.45, 7) is 15.7. The molecule has 1 aliphatic carbocycles. The zero-order chi connectivity index (χ0) is 80.9. The summed E-state index contributed by atoms with van der Waals surface area (Å²) in [6.07, 6.45) is 20.1. The first-order chi connectivity index (χ1) is 56.5. The molecule has 1 aliphatic rings. The lowest BCUT2D eigenvalue weighted by Crippen LogP contribution is -2.21. The first-order valence-electron chi connectivity index (χ1n) is 39.4. The number of rotatable bonds is 32. The Bertz CT molecular complexity index is 5690. The molecular formula is C93H93F3N10O7S3. The molecule has 0 bridgehead atoms. The monoisotopic (exact) mass is 1610 g/mol. The molecule has 1 fully saturated rings. The van der Waals surface area contributed by atoms with Gasteiger partial charge in [0, 0.05) is 102 Å². The molecule has 14 aromatic rings. The number of hydrogen-bond acceptors (Lipinski definition) is 19. The third-order valence-electron chi connectivity index (χ3n) is 19.5. The van der Waals surface area contributed by atoms with Crippen LogP contribution in [0.4, 0.5) is 13.2 Å². The average molecular weight is 1620 g/mol. The lowest BCUT2D eigenvalue weighted by Gasteiger charge is -2.21. The first kappa shape index (κ1) is 82.8. The van der Waals surface area contributed by atoms with Crippen molar-refractivity contribution in [2.75, 3.05) is 19.6 Å². The summed E-state index contributed by atoms with van der Waals surface area (Å²) in [6, 6.07) is 49.1. The van der Waals surface area contributed by atoms with Crippen LogP contribution in [0.15, 0.2) is 201 Å². The number of carbonyl (C=O) groups excluding carboxylic acids is 3. The minimum atomic E-state index is -0.524. The molecule has 0 saturated heterocycles. The second-order valence-corrected chi connectivity index (χ2v) is 32.1. The maximum atomic E-state index is 15.0. The number of hydrogen-bond donors (Lipinski definition) is 3. The van der Waals surface area contributed by atoms with E-state index in [1.165, 1.54) is 58.6 Å². The van der Waals surface area contributed by atoms with E-state index in [0.29, 0.717) is 46.8 Å². The highest BCUT2D eigenvalue weighted by Crippen LogP contribution is 2.43. The topological polar surface area (TPSA) is 206 Å². The van der Waals surface area contributed by atoms with Gasteiger partial charge in [0.25, 0.3) is 0 Å². The summed E-state index contributed by atoms with van der Waals surface area (Å²) in [5, 5.41) is 10.2. The third-order valence-corrected chi connectivity index (χ3v) is 22.9. The number of aromatic nitrogens is 7. The fourth-order valence-electron chi connectivity index (χ4n) is 13.5. The van der Waals surface area contributed by atoms with Gasteiger partial charge in [0.05, 0.1) is 75.0 Å². The van der Waals surface area contributed by atoms with Gasteiger partial charge >= 0.3 is 5.97 Å². The van der Waals surface area contributed by atoms with E-state index < -0.39 is 17.5 Å². The van der Waals surface area contributed by atoms with Crippen molar-refractivity contribution in [3.05, 3.63) is 274 Å². The van der Waals surface area contributed by atoms with Gasteiger partial charge in [-0.3, -0.25) is 39.3 Å². The highest BCUT2D eigenvalue weighted by molar-refractivity contribution is 7.23. The van der Waals surface area contributed by atoms with Gasteiger partial charge in [-0.1, -0.05) is 117 Å². The number of Topliss-reactive ketones (excluding diaryl/α,β-unsaturated/α-hetero) is 2. The predicted molar refractivity (Wildman–Crippen MR) is 457 cm³/mol. The van der Waals surface area contributed by atoms with Crippen LogP contribution in [0.5, 0.6) is 34.5 Å². The van der Waals surface area contributed by atoms with E-state index in [9.17, 15) is 18.8 Å². The van der Waals surface area contributed by atoms with Gasteiger partial charge in [-0.05, 0) is 184 Å². The Morgan fingerprint density at radius 3 is 1.29 bits per heavy atom. The van der Waals surface area contributed by atoms with Crippen LogP contribution < -0.4 is 30.2 Å². The molecule has 0 amide bonds. The molecule has 0 unspecified atom stereocenters. The molecule has 1 saturated carbocycles. The van der Waals surface area contributed by atoms with E-state index in [1.807, 2.05) is 118 Å². The van der Waals surface area contributed by atoms with Crippen molar-refractivity contribution >= 4 is 82.2 Å². The number of nitrogens with zero attached hydrogens (tertiary/aromatic N) is 7. The molecule has 0 radical (unpaired) electrons. The number of ether oxygens (including phenoxy) is 4. The van der Waals surface area contributed by atoms with Gasteiger partial charge < -0.3 is 39.5 Å². The van der Waals surface area contributed by atoms with Crippen LogP contribution in [0, 0.1) is 31.3 Å². The molecule has 23 heteroatoms. The third kappa shape index (κ3) is 22.5. The van der Waals surface area contributed by atoms with E-state index in [4.69, 9.17) is 18.9 Å². The van der Waals surface area contributed by atoms with Gasteiger partial charge in [-0.2, -0.15) is 0 Å². The van der Waals surface area contributed by atoms with Crippen LogP contribution in [-0.2, 0) is 77.9 Å². The molecule has 596 valence electrons. The summed E-state index contributed by atoms with van der Waals surface area (Å²) in [4.78, 5) is 67.6. The quantitative estimate of drug-likeness (QED) is 0.0265. The van der Waals surface area contributed by atoms with Gasteiger partial charge in [0.2, 0.25) is 0 Å². The number of fused-ring (bicyclic) bond motifs is 3. The molecule has 0 spiro atoms. The average Bonchev–Trinajstić information content (AvgIpc) is 1.64. The zero-order valence-corrected chi connectivity index (χ0v) is 68.4. The fraction of sp³-hybridized carbons (Fsp3) is 0.280. The second kappa shape index (κ2) is 40.4.